The first-order chi connectivity index (χ1) is 10.3. The first-order valence-electron chi connectivity index (χ1n) is 7.15. The Kier molecular flexibility index (Phi) is 6.42. The van der Waals surface area contributed by atoms with E-state index in [1.54, 1.807) is 17.1 Å². The summed E-state index contributed by atoms with van der Waals surface area (Å²) in [4.78, 5) is 0. The Morgan fingerprint density at radius 1 is 1.05 bits per heavy atom. The summed E-state index contributed by atoms with van der Waals surface area (Å²) in [5.41, 5.74) is 7.98. The van der Waals surface area contributed by atoms with E-state index < -0.39 is 0 Å². The monoisotopic (exact) mass is 310 g/mol. The van der Waals surface area contributed by atoms with Crippen molar-refractivity contribution in [2.45, 2.75) is 39.3 Å². The molecule has 7 nitrogen and oxygen atoms in total. The molecule has 2 rings (SSSR count). The number of rotatable bonds is 10. The van der Waals surface area contributed by atoms with Crippen LogP contribution in [0.5, 0.6) is 0 Å². The lowest BCUT2D eigenvalue weighted by atomic mass is 10.2. The molecule has 116 valence electrons. The molecule has 0 aliphatic carbocycles. The van der Waals surface area contributed by atoms with E-state index in [0.717, 1.165) is 36.4 Å². The van der Waals surface area contributed by atoms with Crippen molar-refractivity contribution in [1.29, 1.82) is 0 Å². The van der Waals surface area contributed by atoms with Crippen molar-refractivity contribution in [3.63, 3.8) is 0 Å². The van der Waals surface area contributed by atoms with Gasteiger partial charge in [0, 0.05) is 24.7 Å². The highest BCUT2D eigenvalue weighted by molar-refractivity contribution is 7.93. The number of anilines is 2. The summed E-state index contributed by atoms with van der Waals surface area (Å²) in [6.07, 6.45) is 11.0. The number of hydrogen-bond donors (Lipinski definition) is 3. The molecule has 0 bridgehead atoms. The van der Waals surface area contributed by atoms with Crippen molar-refractivity contribution in [3.8, 4) is 0 Å². The molecule has 0 aliphatic rings. The first-order valence-corrected chi connectivity index (χ1v) is 8.09. The van der Waals surface area contributed by atoms with Gasteiger partial charge in [-0.3, -0.25) is 20.2 Å². The number of nitrogens with zero attached hydrogens (tertiary/aromatic N) is 4. The van der Waals surface area contributed by atoms with Gasteiger partial charge in [0.25, 0.3) is 0 Å². The Morgan fingerprint density at radius 3 is 2.24 bits per heavy atom. The second-order valence-electron chi connectivity index (χ2n) is 4.77. The lowest BCUT2D eigenvalue weighted by Crippen LogP contribution is -2.07. The van der Waals surface area contributed by atoms with Crippen LogP contribution in [0.25, 0.3) is 0 Å². The number of unbranched alkanes of at least 4 members (excludes halogenated alkanes) is 2. The van der Waals surface area contributed by atoms with Gasteiger partial charge in [-0.2, -0.15) is 10.2 Å². The fraction of sp³-hybridized carbons (Fsp3) is 0.538. The van der Waals surface area contributed by atoms with Gasteiger partial charge in [-0.25, -0.2) is 0 Å². The molecule has 0 saturated carbocycles. The van der Waals surface area contributed by atoms with E-state index in [1.807, 2.05) is 17.1 Å². The van der Waals surface area contributed by atoms with Crippen LogP contribution in [0, 0.1) is 0 Å². The highest BCUT2D eigenvalue weighted by Gasteiger charge is 2.00. The van der Waals surface area contributed by atoms with Gasteiger partial charge in [0.05, 0.1) is 30.3 Å². The summed E-state index contributed by atoms with van der Waals surface area (Å²) in [7, 11) is 0. The molecule has 8 heteroatoms. The zero-order valence-electron chi connectivity index (χ0n) is 12.2. The zero-order chi connectivity index (χ0) is 14.9. The summed E-state index contributed by atoms with van der Waals surface area (Å²) >= 11 is 0.819. The van der Waals surface area contributed by atoms with Gasteiger partial charge >= 0.3 is 0 Å². The summed E-state index contributed by atoms with van der Waals surface area (Å²) in [6.45, 7) is 3.82. The van der Waals surface area contributed by atoms with Crippen molar-refractivity contribution in [1.82, 2.24) is 19.6 Å². The molecule has 0 spiro atoms. The van der Waals surface area contributed by atoms with Crippen LogP contribution in [0.4, 0.5) is 11.4 Å². The number of hydrogen-bond acceptors (Lipinski definition) is 6. The van der Waals surface area contributed by atoms with E-state index in [-0.39, 0.29) is 0 Å². The number of hydrazine groups is 1. The van der Waals surface area contributed by atoms with E-state index in [0.29, 0.717) is 12.3 Å². The van der Waals surface area contributed by atoms with Gasteiger partial charge in [-0.05, 0) is 18.5 Å². The molecule has 0 amide bonds. The number of aryl methyl sites for hydroxylation is 2. The lowest BCUT2D eigenvalue weighted by molar-refractivity contribution is 0.553. The van der Waals surface area contributed by atoms with Crippen LogP contribution >= 0.6 is 12.0 Å². The molecule has 0 aromatic carbocycles. The van der Waals surface area contributed by atoms with Crippen LogP contribution in [0.15, 0.2) is 24.8 Å². The van der Waals surface area contributed by atoms with Crippen molar-refractivity contribution >= 4 is 23.4 Å². The largest absolute Gasteiger partial charge is 0.330 e. The maximum atomic E-state index is 8.70. The minimum Gasteiger partial charge on any atom is -0.330 e. The molecule has 0 radical (unpaired) electrons. The fourth-order valence-electron chi connectivity index (χ4n) is 1.90. The Labute approximate surface area is 128 Å². The quantitative estimate of drug-likeness (QED) is 0.356. The molecule has 21 heavy (non-hydrogen) atoms. The van der Waals surface area contributed by atoms with Crippen LogP contribution in [0.3, 0.4) is 0 Å². The average molecular weight is 310 g/mol. The normalized spacial score (nSPS) is 10.8. The second kappa shape index (κ2) is 8.58. The predicted molar refractivity (Wildman–Crippen MR) is 86.3 cm³/mol. The van der Waals surface area contributed by atoms with Gasteiger partial charge in [0.15, 0.2) is 0 Å². The Balaban J connectivity index is 1.76. The molecular weight excluding hydrogens is 288 g/mol. The Hall–Kier alpha value is -1.67. The van der Waals surface area contributed by atoms with Crippen LogP contribution in [0.1, 0.15) is 26.2 Å². The number of aromatic nitrogens is 4. The highest BCUT2D eigenvalue weighted by Crippen LogP contribution is 2.10. The topological polar surface area (TPSA) is 79.9 Å². The maximum absolute atomic E-state index is 8.70. The van der Waals surface area contributed by atoms with Gasteiger partial charge in [-0.1, -0.05) is 19.8 Å². The van der Waals surface area contributed by atoms with Gasteiger partial charge in [0.2, 0.25) is 0 Å². The highest BCUT2D eigenvalue weighted by atomic mass is 32.2. The summed E-state index contributed by atoms with van der Waals surface area (Å²) < 4.78 is 12.4. The molecule has 0 fully saturated rings. The molecule has 0 aliphatic heterocycles. The molecule has 2 aromatic heterocycles. The van der Waals surface area contributed by atoms with Gasteiger partial charge in [0.1, 0.15) is 0 Å². The lowest BCUT2D eigenvalue weighted by Gasteiger charge is -2.04. The van der Waals surface area contributed by atoms with Crippen LogP contribution in [-0.2, 0) is 13.1 Å². The molecule has 0 saturated heterocycles. The van der Waals surface area contributed by atoms with Crippen LogP contribution in [0.2, 0.25) is 0 Å². The molecule has 2 aromatic rings. The van der Waals surface area contributed by atoms with E-state index in [9.17, 15) is 0 Å². The third kappa shape index (κ3) is 5.31. The molecule has 2 heterocycles. The summed E-state index contributed by atoms with van der Waals surface area (Å²) in [5.74, 6) is 0.624. The van der Waals surface area contributed by atoms with Crippen molar-refractivity contribution < 1.29 is 4.55 Å². The first kappa shape index (κ1) is 15.7. The Morgan fingerprint density at radius 2 is 1.67 bits per heavy atom. The third-order valence-corrected chi connectivity index (χ3v) is 3.39. The second-order valence-corrected chi connectivity index (χ2v) is 5.44. The molecular formula is C13H22N6OS. The third-order valence-electron chi connectivity index (χ3n) is 3.02. The van der Waals surface area contributed by atoms with Gasteiger partial charge in [-0.15, -0.1) is 0 Å². The van der Waals surface area contributed by atoms with Crippen LogP contribution < -0.4 is 10.9 Å². The van der Waals surface area contributed by atoms with Crippen molar-refractivity contribution in [2.24, 2.45) is 0 Å². The number of nitrogens with one attached hydrogen (secondary N) is 2. The summed E-state index contributed by atoms with van der Waals surface area (Å²) in [6, 6.07) is 0. The molecule has 0 unspecified atom stereocenters. The summed E-state index contributed by atoms with van der Waals surface area (Å²) in [5, 5.41) is 8.50. The maximum Gasteiger partial charge on any atom is 0.0919 e. The average Bonchev–Trinajstić information content (AvgIpc) is 3.12. The van der Waals surface area contributed by atoms with Crippen molar-refractivity contribution in [3.05, 3.63) is 24.8 Å². The fourth-order valence-corrected chi connectivity index (χ4v) is 2.17. The Bertz CT molecular complexity index is 526. The van der Waals surface area contributed by atoms with Crippen LogP contribution in [-0.4, -0.2) is 29.9 Å². The van der Waals surface area contributed by atoms with Gasteiger partial charge < -0.3 is 4.55 Å². The zero-order valence-corrected chi connectivity index (χ0v) is 13.0. The molecule has 3 N–H and O–H groups in total. The van der Waals surface area contributed by atoms with E-state index in [2.05, 4.69) is 28.0 Å². The molecule has 0 atom stereocenters. The van der Waals surface area contributed by atoms with E-state index >= 15 is 0 Å². The van der Waals surface area contributed by atoms with E-state index in [4.69, 9.17) is 4.55 Å². The standard InChI is InChI=1S/C13H22N6OS/c1-2-3-4-5-18-10-12(8-14-18)16-17-13-9-15-19(11-13)6-7-21-20/h8-11,16-17,20H,2-7H2,1H3. The minimum absolute atomic E-state index is 0.624. The van der Waals surface area contributed by atoms with E-state index in [1.165, 1.54) is 12.8 Å². The smallest absolute Gasteiger partial charge is 0.0919 e. The predicted octanol–water partition coefficient (Wildman–Crippen LogP) is 2.92. The SMILES string of the molecule is CCCCCn1cc(NNc2cnn(CCSO)c2)cn1. The minimum atomic E-state index is 0.624. The van der Waals surface area contributed by atoms with Crippen molar-refractivity contribution in [2.75, 3.05) is 16.6 Å².